The molecule has 0 bridgehead atoms. The largest absolute Gasteiger partial charge is 0.481 e. The number of nitrogens with two attached hydrogens (primary N) is 1. The summed E-state index contributed by atoms with van der Waals surface area (Å²) in [6.45, 7) is 4.33. The van der Waals surface area contributed by atoms with Crippen LogP contribution in [0.15, 0.2) is 16.6 Å². The number of benzene rings is 1. The maximum Gasteiger partial charge on any atom is 0.260 e. The van der Waals surface area contributed by atoms with Crippen molar-refractivity contribution in [2.24, 2.45) is 0 Å². The molecule has 0 spiro atoms. The van der Waals surface area contributed by atoms with Gasteiger partial charge in [-0.25, -0.2) is 0 Å². The number of carbonyl (C=O) groups is 1. The van der Waals surface area contributed by atoms with Crippen LogP contribution in [0.1, 0.15) is 5.56 Å². The number of hydrogen-bond donors (Lipinski definition) is 1. The van der Waals surface area contributed by atoms with Crippen molar-refractivity contribution in [3.8, 4) is 5.75 Å². The lowest BCUT2D eigenvalue weighted by Crippen LogP contribution is -2.43. The van der Waals surface area contributed by atoms with Crippen LogP contribution in [-0.2, 0) is 9.53 Å². The SMILES string of the molecule is Cc1cc(Br)cc(N)c1OCC(=O)N1CCOCC1. The first-order valence-corrected chi connectivity index (χ1v) is 6.91. The van der Waals surface area contributed by atoms with Crippen LogP contribution in [0.4, 0.5) is 5.69 Å². The van der Waals surface area contributed by atoms with Crippen molar-refractivity contribution < 1.29 is 14.3 Å². The van der Waals surface area contributed by atoms with E-state index in [2.05, 4.69) is 15.9 Å². The Bertz CT molecular complexity index is 450. The Kier molecular flexibility index (Phi) is 4.66. The van der Waals surface area contributed by atoms with Crippen molar-refractivity contribution >= 4 is 27.5 Å². The molecule has 2 N–H and O–H groups in total. The highest BCUT2D eigenvalue weighted by molar-refractivity contribution is 9.10. The summed E-state index contributed by atoms with van der Waals surface area (Å²) >= 11 is 3.37. The number of halogens is 1. The Morgan fingerprint density at radius 3 is 2.79 bits per heavy atom. The molecule has 1 aliphatic rings. The van der Waals surface area contributed by atoms with E-state index in [9.17, 15) is 4.79 Å². The predicted octanol–water partition coefficient (Wildman–Crippen LogP) is 1.58. The van der Waals surface area contributed by atoms with Gasteiger partial charge in [0.25, 0.3) is 5.91 Å². The van der Waals surface area contributed by atoms with Crippen LogP contribution in [0.5, 0.6) is 5.75 Å². The van der Waals surface area contributed by atoms with Gasteiger partial charge in [0.15, 0.2) is 6.61 Å². The zero-order valence-corrected chi connectivity index (χ0v) is 12.4. The summed E-state index contributed by atoms with van der Waals surface area (Å²) in [5.41, 5.74) is 7.32. The molecular weight excluding hydrogens is 312 g/mol. The molecule has 1 aromatic carbocycles. The van der Waals surface area contributed by atoms with Gasteiger partial charge in [0.2, 0.25) is 0 Å². The lowest BCUT2D eigenvalue weighted by molar-refractivity contribution is -0.137. The van der Waals surface area contributed by atoms with Crippen molar-refractivity contribution in [2.75, 3.05) is 38.6 Å². The van der Waals surface area contributed by atoms with Gasteiger partial charge in [-0.2, -0.15) is 0 Å². The number of nitrogen functional groups attached to an aromatic ring is 1. The minimum Gasteiger partial charge on any atom is -0.481 e. The van der Waals surface area contributed by atoms with Crippen molar-refractivity contribution in [1.82, 2.24) is 4.90 Å². The van der Waals surface area contributed by atoms with Gasteiger partial charge in [-0.15, -0.1) is 0 Å². The van der Waals surface area contributed by atoms with Gasteiger partial charge in [-0.1, -0.05) is 15.9 Å². The molecule has 2 rings (SSSR count). The molecule has 1 fully saturated rings. The topological polar surface area (TPSA) is 64.8 Å². The summed E-state index contributed by atoms with van der Waals surface area (Å²) in [5, 5.41) is 0. The lowest BCUT2D eigenvalue weighted by Gasteiger charge is -2.27. The van der Waals surface area contributed by atoms with E-state index in [1.54, 1.807) is 11.0 Å². The number of amides is 1. The van der Waals surface area contributed by atoms with Gasteiger partial charge in [-0.05, 0) is 24.6 Å². The number of hydrogen-bond acceptors (Lipinski definition) is 4. The van der Waals surface area contributed by atoms with Crippen LogP contribution < -0.4 is 10.5 Å². The van der Waals surface area contributed by atoms with Crippen molar-refractivity contribution in [3.63, 3.8) is 0 Å². The van der Waals surface area contributed by atoms with E-state index in [-0.39, 0.29) is 12.5 Å². The van der Waals surface area contributed by atoms with E-state index in [1.165, 1.54) is 0 Å². The summed E-state index contributed by atoms with van der Waals surface area (Å²) < 4.78 is 11.7. The number of carbonyl (C=O) groups excluding carboxylic acids is 1. The molecule has 1 heterocycles. The molecule has 0 saturated carbocycles. The van der Waals surface area contributed by atoms with Crippen LogP contribution in [0.3, 0.4) is 0 Å². The molecule has 0 aromatic heterocycles. The van der Waals surface area contributed by atoms with Gasteiger partial charge < -0.3 is 20.1 Å². The molecule has 1 saturated heterocycles. The molecule has 104 valence electrons. The monoisotopic (exact) mass is 328 g/mol. The van der Waals surface area contributed by atoms with Gasteiger partial charge in [0.1, 0.15) is 5.75 Å². The number of rotatable bonds is 3. The van der Waals surface area contributed by atoms with Gasteiger partial charge in [0.05, 0.1) is 18.9 Å². The molecule has 0 atom stereocenters. The molecule has 1 aliphatic heterocycles. The highest BCUT2D eigenvalue weighted by atomic mass is 79.9. The third kappa shape index (κ3) is 3.61. The molecule has 1 amide bonds. The molecule has 1 aromatic rings. The molecule has 6 heteroatoms. The minimum absolute atomic E-state index is 0.00662. The second kappa shape index (κ2) is 6.25. The molecule has 19 heavy (non-hydrogen) atoms. The summed E-state index contributed by atoms with van der Waals surface area (Å²) in [6, 6.07) is 3.67. The van der Waals surface area contributed by atoms with E-state index in [0.29, 0.717) is 37.7 Å². The van der Waals surface area contributed by atoms with Crippen molar-refractivity contribution in [3.05, 3.63) is 22.2 Å². The fourth-order valence-electron chi connectivity index (χ4n) is 1.99. The number of anilines is 1. The zero-order valence-electron chi connectivity index (χ0n) is 10.8. The van der Waals surface area contributed by atoms with Crippen molar-refractivity contribution in [2.45, 2.75) is 6.92 Å². The first-order valence-electron chi connectivity index (χ1n) is 6.12. The lowest BCUT2D eigenvalue weighted by atomic mass is 10.2. The minimum atomic E-state index is -0.0370. The third-order valence-electron chi connectivity index (χ3n) is 2.97. The van der Waals surface area contributed by atoms with Crippen LogP contribution in [-0.4, -0.2) is 43.7 Å². The summed E-state index contributed by atoms with van der Waals surface area (Å²) in [7, 11) is 0. The molecular formula is C13H17BrN2O3. The smallest absolute Gasteiger partial charge is 0.260 e. The zero-order chi connectivity index (χ0) is 13.8. The molecule has 0 aliphatic carbocycles. The molecule has 0 radical (unpaired) electrons. The van der Waals surface area contributed by atoms with E-state index in [4.69, 9.17) is 15.2 Å². The maximum atomic E-state index is 12.0. The first kappa shape index (κ1) is 14.1. The van der Waals surface area contributed by atoms with E-state index >= 15 is 0 Å². The van der Waals surface area contributed by atoms with E-state index in [0.717, 1.165) is 10.0 Å². The Hall–Kier alpha value is -1.27. The summed E-state index contributed by atoms with van der Waals surface area (Å²) in [6.07, 6.45) is 0. The van der Waals surface area contributed by atoms with Crippen LogP contribution in [0, 0.1) is 6.92 Å². The highest BCUT2D eigenvalue weighted by Gasteiger charge is 2.18. The van der Waals surface area contributed by atoms with Crippen LogP contribution >= 0.6 is 15.9 Å². The Balaban J connectivity index is 1.96. The number of nitrogens with zero attached hydrogens (tertiary/aromatic N) is 1. The van der Waals surface area contributed by atoms with Gasteiger partial charge >= 0.3 is 0 Å². The van der Waals surface area contributed by atoms with Gasteiger partial charge in [0, 0.05) is 17.6 Å². The highest BCUT2D eigenvalue weighted by Crippen LogP contribution is 2.30. The third-order valence-corrected chi connectivity index (χ3v) is 3.43. The average Bonchev–Trinajstić information content (AvgIpc) is 2.38. The fraction of sp³-hybridized carbons (Fsp3) is 0.462. The first-order chi connectivity index (χ1) is 9.08. The Labute approximate surface area is 120 Å². The maximum absolute atomic E-state index is 12.0. The second-order valence-electron chi connectivity index (χ2n) is 4.42. The normalized spacial score (nSPS) is 15.4. The quantitative estimate of drug-likeness (QED) is 0.855. The van der Waals surface area contributed by atoms with Gasteiger partial charge in [-0.3, -0.25) is 4.79 Å². The van der Waals surface area contributed by atoms with Crippen LogP contribution in [0.2, 0.25) is 0 Å². The van der Waals surface area contributed by atoms with Crippen molar-refractivity contribution in [1.29, 1.82) is 0 Å². The average molecular weight is 329 g/mol. The number of ether oxygens (including phenoxy) is 2. The summed E-state index contributed by atoms with van der Waals surface area (Å²) in [4.78, 5) is 13.7. The standard InChI is InChI=1S/C13H17BrN2O3/c1-9-6-10(14)7-11(15)13(9)19-8-12(17)16-2-4-18-5-3-16/h6-7H,2-5,8,15H2,1H3. The number of morpholine rings is 1. The van der Waals surface area contributed by atoms with E-state index < -0.39 is 0 Å². The number of aryl methyl sites for hydroxylation is 1. The molecule has 0 unspecified atom stereocenters. The molecule has 5 nitrogen and oxygen atoms in total. The Morgan fingerprint density at radius 1 is 1.47 bits per heavy atom. The summed E-state index contributed by atoms with van der Waals surface area (Å²) in [5.74, 6) is 0.537. The fourth-order valence-corrected chi connectivity index (χ4v) is 2.58. The predicted molar refractivity (Wildman–Crippen MR) is 76.2 cm³/mol. The second-order valence-corrected chi connectivity index (χ2v) is 5.34. The van der Waals surface area contributed by atoms with E-state index in [1.807, 2.05) is 13.0 Å². The van der Waals surface area contributed by atoms with Crippen LogP contribution in [0.25, 0.3) is 0 Å². The Morgan fingerprint density at radius 2 is 2.16 bits per heavy atom.